The third-order valence-corrected chi connectivity index (χ3v) is 4.19. The van der Waals surface area contributed by atoms with Gasteiger partial charge in [0.2, 0.25) is 0 Å². The van der Waals surface area contributed by atoms with Crippen molar-refractivity contribution in [2.45, 2.75) is 45.2 Å². The monoisotopic (exact) mass is 290 g/mol. The van der Waals surface area contributed by atoms with E-state index in [9.17, 15) is 9.00 Å². The normalized spacial score (nSPS) is 20.1. The third kappa shape index (κ3) is 6.38. The van der Waals surface area contributed by atoms with E-state index in [0.717, 1.165) is 38.1 Å². The van der Waals surface area contributed by atoms with E-state index in [4.69, 9.17) is 4.74 Å². The van der Waals surface area contributed by atoms with Gasteiger partial charge in [-0.2, -0.15) is 0 Å². The van der Waals surface area contributed by atoms with Gasteiger partial charge in [0.1, 0.15) is 0 Å². The highest BCUT2D eigenvalue weighted by molar-refractivity contribution is 7.84. The number of rotatable bonds is 6. The van der Waals surface area contributed by atoms with Gasteiger partial charge in [-0.3, -0.25) is 4.21 Å². The number of hydrogen-bond acceptors (Lipinski definition) is 4. The Hall–Kier alpha value is -0.620. The molecule has 0 saturated carbocycles. The molecule has 1 rings (SSSR count). The van der Waals surface area contributed by atoms with E-state index in [2.05, 4.69) is 12.2 Å². The molecule has 2 atom stereocenters. The van der Waals surface area contributed by atoms with Gasteiger partial charge in [-0.05, 0) is 33.1 Å². The fraction of sp³-hybridized carbons (Fsp3) is 0.923. The van der Waals surface area contributed by atoms with Crippen LogP contribution in [0.4, 0.5) is 4.79 Å². The van der Waals surface area contributed by atoms with E-state index in [0.29, 0.717) is 18.7 Å². The summed E-state index contributed by atoms with van der Waals surface area (Å²) in [6.45, 7) is 5.89. The Balaban J connectivity index is 2.22. The van der Waals surface area contributed by atoms with E-state index < -0.39 is 10.8 Å². The van der Waals surface area contributed by atoms with Crippen molar-refractivity contribution in [2.24, 2.45) is 0 Å². The van der Waals surface area contributed by atoms with E-state index >= 15 is 0 Å². The number of likely N-dealkylation sites (tertiary alicyclic amines) is 1. The maximum atomic E-state index is 11.6. The van der Waals surface area contributed by atoms with Crippen LogP contribution < -0.4 is 5.32 Å². The topological polar surface area (TPSA) is 58.6 Å². The number of nitrogens with zero attached hydrogens (tertiary/aromatic N) is 1. The van der Waals surface area contributed by atoms with E-state index in [1.54, 1.807) is 11.2 Å². The molecule has 1 amide bonds. The average Bonchev–Trinajstić information content (AvgIpc) is 2.37. The first-order valence-corrected chi connectivity index (χ1v) is 8.73. The minimum absolute atomic E-state index is 0.199. The van der Waals surface area contributed by atoms with Crippen molar-refractivity contribution in [1.82, 2.24) is 10.2 Å². The lowest BCUT2D eigenvalue weighted by Crippen LogP contribution is -2.47. The van der Waals surface area contributed by atoms with Crippen LogP contribution in [0.1, 0.15) is 33.1 Å². The highest BCUT2D eigenvalue weighted by atomic mass is 32.2. The summed E-state index contributed by atoms with van der Waals surface area (Å²) in [5.74, 6) is 0.746. The number of amides is 1. The van der Waals surface area contributed by atoms with Crippen LogP contribution in [0.3, 0.4) is 0 Å². The van der Waals surface area contributed by atoms with Crippen LogP contribution in [-0.4, -0.2) is 59.0 Å². The van der Waals surface area contributed by atoms with Crippen LogP contribution >= 0.6 is 0 Å². The molecule has 0 aliphatic carbocycles. The summed E-state index contributed by atoms with van der Waals surface area (Å²) >= 11 is 0. The summed E-state index contributed by atoms with van der Waals surface area (Å²) in [6.07, 6.45) is 4.39. The second-order valence-electron chi connectivity index (χ2n) is 5.09. The molecule has 6 heteroatoms. The van der Waals surface area contributed by atoms with E-state index in [1.165, 1.54) is 0 Å². The van der Waals surface area contributed by atoms with Crippen molar-refractivity contribution >= 4 is 16.9 Å². The number of ether oxygens (including phenoxy) is 1. The van der Waals surface area contributed by atoms with Crippen molar-refractivity contribution in [2.75, 3.05) is 31.7 Å². The van der Waals surface area contributed by atoms with Gasteiger partial charge in [-0.25, -0.2) is 4.79 Å². The predicted molar refractivity (Wildman–Crippen MR) is 77.8 cm³/mol. The summed E-state index contributed by atoms with van der Waals surface area (Å²) in [4.78, 5) is 13.3. The predicted octanol–water partition coefficient (Wildman–Crippen LogP) is 1.35. The summed E-state index contributed by atoms with van der Waals surface area (Å²) < 4.78 is 16.0. The molecule has 0 bridgehead atoms. The van der Waals surface area contributed by atoms with Crippen LogP contribution in [0.2, 0.25) is 0 Å². The second-order valence-corrected chi connectivity index (χ2v) is 6.65. The molecule has 1 N–H and O–H groups in total. The molecule has 1 aliphatic rings. The maximum Gasteiger partial charge on any atom is 0.409 e. The second kappa shape index (κ2) is 8.53. The minimum atomic E-state index is -0.716. The summed E-state index contributed by atoms with van der Waals surface area (Å²) in [7, 11) is -0.716. The fourth-order valence-corrected chi connectivity index (χ4v) is 2.96. The van der Waals surface area contributed by atoms with Crippen LogP contribution in [0.15, 0.2) is 0 Å². The molecule has 19 heavy (non-hydrogen) atoms. The number of carbonyl (C=O) groups is 1. The molecule has 1 aliphatic heterocycles. The van der Waals surface area contributed by atoms with Crippen molar-refractivity contribution in [3.05, 3.63) is 0 Å². The number of nitrogens with one attached hydrogen (secondary N) is 1. The lowest BCUT2D eigenvalue weighted by molar-refractivity contribution is 0.0943. The lowest BCUT2D eigenvalue weighted by Gasteiger charge is -2.33. The quantitative estimate of drug-likeness (QED) is 0.802. The summed E-state index contributed by atoms with van der Waals surface area (Å²) in [5, 5.41) is 3.55. The van der Waals surface area contributed by atoms with Crippen molar-refractivity contribution in [1.29, 1.82) is 0 Å². The fourth-order valence-electron chi connectivity index (χ4n) is 2.27. The van der Waals surface area contributed by atoms with E-state index in [1.807, 2.05) is 6.92 Å². The zero-order chi connectivity index (χ0) is 14.3. The van der Waals surface area contributed by atoms with Crippen LogP contribution in [-0.2, 0) is 15.5 Å². The molecule has 0 spiro atoms. The van der Waals surface area contributed by atoms with Crippen molar-refractivity contribution < 1.29 is 13.7 Å². The molecule has 112 valence electrons. The number of piperidine rings is 1. The average molecular weight is 290 g/mol. The SMILES string of the molecule is CCOC(=O)N1CCC(NC(C)CCS(C)=O)CC1. The molecule has 2 unspecified atom stereocenters. The first-order valence-electron chi connectivity index (χ1n) is 7.00. The molecule has 0 aromatic rings. The van der Waals surface area contributed by atoms with Gasteiger partial charge >= 0.3 is 6.09 Å². The zero-order valence-corrected chi connectivity index (χ0v) is 13.0. The number of hydrogen-bond donors (Lipinski definition) is 1. The Bertz CT molecular complexity index is 304. The highest BCUT2D eigenvalue weighted by Crippen LogP contribution is 2.12. The Morgan fingerprint density at radius 3 is 2.63 bits per heavy atom. The summed E-state index contributed by atoms with van der Waals surface area (Å²) in [6, 6.07) is 0.828. The third-order valence-electron chi connectivity index (χ3n) is 3.38. The molecular formula is C13H26N2O3S. The van der Waals surface area contributed by atoms with Crippen LogP contribution in [0, 0.1) is 0 Å². The molecular weight excluding hydrogens is 264 g/mol. The maximum absolute atomic E-state index is 11.6. The molecule has 1 heterocycles. The minimum Gasteiger partial charge on any atom is -0.450 e. The first-order chi connectivity index (χ1) is 9.02. The van der Waals surface area contributed by atoms with Gasteiger partial charge in [0.15, 0.2) is 0 Å². The van der Waals surface area contributed by atoms with Crippen molar-refractivity contribution in [3.63, 3.8) is 0 Å². The standard InChI is InChI=1S/C13H26N2O3S/c1-4-18-13(16)15-8-5-12(6-9-15)14-11(2)7-10-19(3)17/h11-12,14H,4-10H2,1-3H3. The zero-order valence-electron chi connectivity index (χ0n) is 12.2. The molecule has 5 nitrogen and oxygen atoms in total. The lowest BCUT2D eigenvalue weighted by atomic mass is 10.0. The van der Waals surface area contributed by atoms with Gasteiger partial charge in [0.05, 0.1) is 6.61 Å². The summed E-state index contributed by atoms with van der Waals surface area (Å²) in [5.41, 5.74) is 0. The molecule has 0 aromatic heterocycles. The molecule has 0 aromatic carbocycles. The molecule has 1 saturated heterocycles. The first kappa shape index (κ1) is 16.4. The Kier molecular flexibility index (Phi) is 7.38. The van der Waals surface area contributed by atoms with Gasteiger partial charge in [0.25, 0.3) is 0 Å². The largest absolute Gasteiger partial charge is 0.450 e. The van der Waals surface area contributed by atoms with Crippen molar-refractivity contribution in [3.8, 4) is 0 Å². The van der Waals surface area contributed by atoms with E-state index in [-0.39, 0.29) is 6.09 Å². The van der Waals surface area contributed by atoms with Gasteiger partial charge < -0.3 is 15.0 Å². The van der Waals surface area contributed by atoms with Gasteiger partial charge in [-0.1, -0.05) is 0 Å². The smallest absolute Gasteiger partial charge is 0.409 e. The Morgan fingerprint density at radius 2 is 2.11 bits per heavy atom. The van der Waals surface area contributed by atoms with Gasteiger partial charge in [-0.15, -0.1) is 0 Å². The molecule has 1 fully saturated rings. The van der Waals surface area contributed by atoms with Crippen LogP contribution in [0.5, 0.6) is 0 Å². The van der Waals surface area contributed by atoms with Gasteiger partial charge in [0, 0.05) is 48.0 Å². The van der Waals surface area contributed by atoms with Crippen LogP contribution in [0.25, 0.3) is 0 Å². The Labute approximate surface area is 118 Å². The highest BCUT2D eigenvalue weighted by Gasteiger charge is 2.24. The Morgan fingerprint density at radius 1 is 1.47 bits per heavy atom. The molecule has 0 radical (unpaired) electrons. The number of carbonyl (C=O) groups excluding carboxylic acids is 1.